The first-order valence-corrected chi connectivity index (χ1v) is 13.9. The van der Waals surface area contributed by atoms with Crippen molar-refractivity contribution in [2.75, 3.05) is 0 Å². The van der Waals surface area contributed by atoms with Crippen molar-refractivity contribution in [1.29, 1.82) is 0 Å². The van der Waals surface area contributed by atoms with E-state index in [2.05, 4.69) is 6.92 Å². The van der Waals surface area contributed by atoms with Crippen molar-refractivity contribution in [3.05, 3.63) is 0 Å². The Kier molecular flexibility index (Phi) is 10.9. The lowest BCUT2D eigenvalue weighted by Gasteiger charge is -2.44. The molecular weight excluding hydrogens is 352 g/mol. The summed E-state index contributed by atoms with van der Waals surface area (Å²) < 4.78 is 0. The largest absolute Gasteiger partial charge is 0.393 e. The lowest BCUT2D eigenvalue weighted by molar-refractivity contribution is 0.0189. The highest BCUT2D eigenvalue weighted by molar-refractivity contribution is 4.89. The van der Waals surface area contributed by atoms with Gasteiger partial charge in [-0.15, -0.1) is 0 Å². The first kappa shape index (κ1) is 23.6. The second-order valence-electron chi connectivity index (χ2n) is 11.3. The van der Waals surface area contributed by atoms with Gasteiger partial charge in [0.1, 0.15) is 0 Å². The topological polar surface area (TPSA) is 20.2 Å². The highest BCUT2D eigenvalue weighted by atomic mass is 16.3. The van der Waals surface area contributed by atoms with E-state index in [4.69, 9.17) is 0 Å². The summed E-state index contributed by atoms with van der Waals surface area (Å²) in [5.74, 6) is 4.96. The van der Waals surface area contributed by atoms with Crippen molar-refractivity contribution >= 4 is 0 Å². The molecular formula is C28H52O. The summed E-state index contributed by atoms with van der Waals surface area (Å²) >= 11 is 0. The molecule has 0 spiro atoms. The molecule has 3 fully saturated rings. The van der Waals surface area contributed by atoms with Gasteiger partial charge in [0.2, 0.25) is 0 Å². The molecule has 3 aliphatic rings. The maximum Gasteiger partial charge on any atom is 0.0543 e. The molecule has 3 saturated carbocycles. The Morgan fingerprint density at radius 2 is 1.00 bits per heavy atom. The van der Waals surface area contributed by atoms with Crippen molar-refractivity contribution in [1.82, 2.24) is 0 Å². The number of aliphatic hydroxyl groups excluding tert-OH is 1. The van der Waals surface area contributed by atoms with E-state index in [1.54, 1.807) is 0 Å². The van der Waals surface area contributed by atoms with Gasteiger partial charge in [-0.3, -0.25) is 0 Å². The molecule has 4 atom stereocenters. The molecule has 0 aromatic carbocycles. The first-order valence-electron chi connectivity index (χ1n) is 13.9. The van der Waals surface area contributed by atoms with E-state index in [0.717, 1.165) is 42.4 Å². The average Bonchev–Trinajstić information content (AvgIpc) is 2.75. The van der Waals surface area contributed by atoms with E-state index in [0.29, 0.717) is 0 Å². The summed E-state index contributed by atoms with van der Waals surface area (Å²) in [6.45, 7) is 2.31. The van der Waals surface area contributed by atoms with E-state index in [-0.39, 0.29) is 6.10 Å². The van der Waals surface area contributed by atoms with Crippen LogP contribution >= 0.6 is 0 Å². The van der Waals surface area contributed by atoms with Crippen LogP contribution in [-0.4, -0.2) is 11.2 Å². The summed E-state index contributed by atoms with van der Waals surface area (Å²) in [5, 5.41) is 9.96. The molecule has 0 amide bonds. The van der Waals surface area contributed by atoms with Crippen molar-refractivity contribution < 1.29 is 5.11 Å². The maximum absolute atomic E-state index is 9.96. The van der Waals surface area contributed by atoms with Crippen molar-refractivity contribution in [2.24, 2.45) is 29.6 Å². The molecule has 0 aromatic heterocycles. The van der Waals surface area contributed by atoms with Crippen LogP contribution in [0.5, 0.6) is 0 Å². The molecule has 0 saturated heterocycles. The van der Waals surface area contributed by atoms with Crippen LogP contribution in [0.15, 0.2) is 0 Å². The van der Waals surface area contributed by atoms with E-state index < -0.39 is 0 Å². The van der Waals surface area contributed by atoms with Crippen LogP contribution < -0.4 is 0 Å². The van der Waals surface area contributed by atoms with Crippen LogP contribution in [0.2, 0.25) is 0 Å². The van der Waals surface area contributed by atoms with Gasteiger partial charge >= 0.3 is 0 Å². The van der Waals surface area contributed by atoms with Crippen LogP contribution in [-0.2, 0) is 0 Å². The lowest BCUT2D eigenvalue weighted by Crippen LogP contribution is -2.35. The minimum Gasteiger partial charge on any atom is -0.393 e. The molecule has 0 heterocycles. The monoisotopic (exact) mass is 404 g/mol. The molecule has 0 bridgehead atoms. The van der Waals surface area contributed by atoms with Crippen LogP contribution in [0, 0.1) is 29.6 Å². The van der Waals surface area contributed by atoms with Gasteiger partial charge in [-0.05, 0) is 81.0 Å². The van der Waals surface area contributed by atoms with Gasteiger partial charge in [-0.1, -0.05) is 90.4 Å². The number of unbranched alkanes of at least 4 members (excludes halogenated alkanes) is 9. The zero-order chi connectivity index (χ0) is 20.3. The molecule has 3 rings (SSSR count). The zero-order valence-electron chi connectivity index (χ0n) is 19.8. The molecule has 3 aliphatic carbocycles. The van der Waals surface area contributed by atoms with Gasteiger partial charge in [-0.2, -0.15) is 0 Å². The fourth-order valence-electron chi connectivity index (χ4n) is 7.20. The second kappa shape index (κ2) is 13.4. The molecule has 29 heavy (non-hydrogen) atoms. The first-order chi connectivity index (χ1) is 14.3. The van der Waals surface area contributed by atoms with Crippen molar-refractivity contribution in [2.45, 2.75) is 148 Å². The minimum absolute atomic E-state index is 0.0223. The Morgan fingerprint density at radius 1 is 0.517 bits per heavy atom. The SMILES string of the molecule is CCCCCCCCCCCCC1CCC(C2CCC3CC(O)CCC3C2)CC1. The molecule has 1 N–H and O–H groups in total. The molecule has 1 heteroatoms. The predicted octanol–water partition coefficient (Wildman–Crippen LogP) is 8.68. The Labute approximate surface area is 182 Å². The Bertz CT molecular complexity index is 411. The number of rotatable bonds is 12. The van der Waals surface area contributed by atoms with Crippen molar-refractivity contribution in [3.63, 3.8) is 0 Å². The molecule has 170 valence electrons. The third kappa shape index (κ3) is 8.19. The molecule has 4 unspecified atom stereocenters. The number of hydrogen-bond acceptors (Lipinski definition) is 1. The Morgan fingerprint density at radius 3 is 1.66 bits per heavy atom. The fourth-order valence-corrected chi connectivity index (χ4v) is 7.20. The van der Waals surface area contributed by atoms with Crippen molar-refractivity contribution in [3.8, 4) is 0 Å². The van der Waals surface area contributed by atoms with Gasteiger partial charge in [0.15, 0.2) is 0 Å². The molecule has 0 aliphatic heterocycles. The highest BCUT2D eigenvalue weighted by Crippen LogP contribution is 2.48. The van der Waals surface area contributed by atoms with Gasteiger partial charge in [0.25, 0.3) is 0 Å². The number of fused-ring (bicyclic) bond motifs is 1. The van der Waals surface area contributed by atoms with Crippen LogP contribution in [0.25, 0.3) is 0 Å². The lowest BCUT2D eigenvalue weighted by atomic mass is 9.62. The number of aliphatic hydroxyl groups is 1. The molecule has 1 nitrogen and oxygen atoms in total. The fraction of sp³-hybridized carbons (Fsp3) is 1.00. The smallest absolute Gasteiger partial charge is 0.0543 e. The summed E-state index contributed by atoms with van der Waals surface area (Å²) in [5.41, 5.74) is 0. The quantitative estimate of drug-likeness (QED) is 0.322. The van der Waals surface area contributed by atoms with Gasteiger partial charge < -0.3 is 5.11 Å². The van der Waals surface area contributed by atoms with E-state index in [1.807, 2.05) is 0 Å². The van der Waals surface area contributed by atoms with Crippen LogP contribution in [0.4, 0.5) is 0 Å². The summed E-state index contributed by atoms with van der Waals surface area (Å²) in [6, 6.07) is 0. The predicted molar refractivity (Wildman–Crippen MR) is 126 cm³/mol. The summed E-state index contributed by atoms with van der Waals surface area (Å²) in [4.78, 5) is 0. The van der Waals surface area contributed by atoms with E-state index in [1.165, 1.54) is 122 Å². The molecule has 0 aromatic rings. The molecule has 0 radical (unpaired) electrons. The van der Waals surface area contributed by atoms with E-state index in [9.17, 15) is 5.11 Å². The Hall–Kier alpha value is -0.0400. The summed E-state index contributed by atoms with van der Waals surface area (Å²) in [7, 11) is 0. The standard InChI is InChI=1S/C28H52O/c1-2-3-4-5-6-7-8-9-10-11-12-23-13-15-24(16-14-23)25-17-18-27-22-28(29)20-19-26(27)21-25/h23-29H,2-22H2,1H3. The van der Waals surface area contributed by atoms with Gasteiger partial charge in [0, 0.05) is 0 Å². The van der Waals surface area contributed by atoms with Gasteiger partial charge in [0.05, 0.1) is 6.10 Å². The van der Waals surface area contributed by atoms with Crippen LogP contribution in [0.1, 0.15) is 142 Å². The third-order valence-electron chi connectivity index (χ3n) is 9.15. The minimum atomic E-state index is 0.0223. The average molecular weight is 405 g/mol. The third-order valence-corrected chi connectivity index (χ3v) is 9.15. The normalized spacial score (nSPS) is 35.4. The highest BCUT2D eigenvalue weighted by Gasteiger charge is 2.38. The van der Waals surface area contributed by atoms with Gasteiger partial charge in [-0.25, -0.2) is 0 Å². The summed E-state index contributed by atoms with van der Waals surface area (Å²) in [6.07, 6.45) is 30.3. The zero-order valence-corrected chi connectivity index (χ0v) is 19.8. The van der Waals surface area contributed by atoms with Crippen LogP contribution in [0.3, 0.4) is 0 Å². The number of hydrogen-bond donors (Lipinski definition) is 1. The Balaban J connectivity index is 1.19. The van der Waals surface area contributed by atoms with E-state index >= 15 is 0 Å². The maximum atomic E-state index is 9.96. The second-order valence-corrected chi connectivity index (χ2v) is 11.3.